The zero-order chi connectivity index (χ0) is 17.2. The molecule has 25 heavy (non-hydrogen) atoms. The Bertz CT molecular complexity index is 569. The molecule has 1 aliphatic heterocycles. The lowest BCUT2D eigenvalue weighted by Gasteiger charge is -2.29. The first-order chi connectivity index (χ1) is 11.8. The highest BCUT2D eigenvalue weighted by Crippen LogP contribution is 2.31. The molecule has 1 heterocycles. The maximum atomic E-state index is 12.1. The predicted molar refractivity (Wildman–Crippen MR) is 110 cm³/mol. The van der Waals surface area contributed by atoms with Crippen molar-refractivity contribution in [1.29, 1.82) is 0 Å². The Balaban J connectivity index is 0.00000312. The highest BCUT2D eigenvalue weighted by molar-refractivity contribution is 14.0. The third kappa shape index (κ3) is 6.69. The molecule has 140 valence electrons. The van der Waals surface area contributed by atoms with Gasteiger partial charge in [-0.15, -0.1) is 24.0 Å². The van der Waals surface area contributed by atoms with Gasteiger partial charge in [-0.1, -0.05) is 12.1 Å². The number of methoxy groups -OCH3 is 1. The van der Waals surface area contributed by atoms with Gasteiger partial charge in [0.05, 0.1) is 5.69 Å². The number of carbonyl (C=O) groups is 1. The Morgan fingerprint density at radius 1 is 1.28 bits per heavy atom. The van der Waals surface area contributed by atoms with E-state index in [0.717, 1.165) is 49.9 Å². The van der Waals surface area contributed by atoms with E-state index in [9.17, 15) is 4.79 Å². The maximum Gasteiger partial charge on any atom is 0.265 e. The van der Waals surface area contributed by atoms with E-state index in [1.165, 1.54) is 0 Å². The van der Waals surface area contributed by atoms with E-state index >= 15 is 0 Å². The van der Waals surface area contributed by atoms with Gasteiger partial charge in [0.2, 0.25) is 0 Å². The summed E-state index contributed by atoms with van der Waals surface area (Å²) in [5.41, 5.74) is 0.843. The van der Waals surface area contributed by atoms with Crippen molar-refractivity contribution < 1.29 is 14.3 Å². The second kappa shape index (κ2) is 11.9. The molecule has 0 aromatic heterocycles. The fraction of sp³-hybridized carbons (Fsp3) is 0.529. The van der Waals surface area contributed by atoms with Gasteiger partial charge < -0.3 is 25.0 Å². The molecule has 8 heteroatoms. The number of amides is 1. The molecule has 0 atom stereocenters. The second-order valence-corrected chi connectivity index (χ2v) is 5.43. The molecule has 0 unspecified atom stereocenters. The van der Waals surface area contributed by atoms with Gasteiger partial charge in [0, 0.05) is 40.4 Å². The highest BCUT2D eigenvalue weighted by Gasteiger charge is 2.24. The Labute approximate surface area is 166 Å². The zero-order valence-corrected chi connectivity index (χ0v) is 17.1. The lowest BCUT2D eigenvalue weighted by molar-refractivity contribution is -0.121. The molecule has 0 fully saturated rings. The fourth-order valence-electron chi connectivity index (χ4n) is 2.49. The van der Waals surface area contributed by atoms with Gasteiger partial charge in [-0.3, -0.25) is 9.79 Å². The molecule has 0 spiro atoms. The average molecular weight is 462 g/mol. The number of nitrogens with one attached hydrogen (secondary N) is 2. The van der Waals surface area contributed by atoms with Crippen LogP contribution in [0, 0.1) is 0 Å². The van der Waals surface area contributed by atoms with E-state index in [2.05, 4.69) is 15.6 Å². The molecule has 0 aliphatic carbocycles. The van der Waals surface area contributed by atoms with Crippen LogP contribution >= 0.6 is 24.0 Å². The lowest BCUT2D eigenvalue weighted by atomic mass is 10.2. The summed E-state index contributed by atoms with van der Waals surface area (Å²) in [4.78, 5) is 18.0. The van der Waals surface area contributed by atoms with Crippen molar-refractivity contribution in [3.63, 3.8) is 0 Å². The molecule has 2 rings (SSSR count). The van der Waals surface area contributed by atoms with Crippen molar-refractivity contribution in [3.8, 4) is 5.75 Å². The number of nitrogens with zero attached hydrogens (tertiary/aromatic N) is 2. The number of para-hydroxylation sites is 2. The second-order valence-electron chi connectivity index (χ2n) is 5.43. The summed E-state index contributed by atoms with van der Waals surface area (Å²) in [6, 6.07) is 7.63. The molecule has 1 aromatic rings. The van der Waals surface area contributed by atoms with Crippen molar-refractivity contribution in [3.05, 3.63) is 24.3 Å². The van der Waals surface area contributed by atoms with Crippen LogP contribution in [0.3, 0.4) is 0 Å². The first-order valence-corrected chi connectivity index (χ1v) is 8.22. The van der Waals surface area contributed by atoms with Gasteiger partial charge in [-0.2, -0.15) is 0 Å². The summed E-state index contributed by atoms with van der Waals surface area (Å²) in [5.74, 6) is 1.52. The monoisotopic (exact) mass is 462 g/mol. The number of hydrogen-bond donors (Lipinski definition) is 2. The average Bonchev–Trinajstić information content (AvgIpc) is 2.61. The number of anilines is 1. The van der Waals surface area contributed by atoms with Crippen LogP contribution in [0.4, 0.5) is 5.69 Å². The van der Waals surface area contributed by atoms with Crippen LogP contribution in [0.1, 0.15) is 12.8 Å². The molecular weight excluding hydrogens is 435 g/mol. The number of ether oxygens (including phenoxy) is 2. The smallest absolute Gasteiger partial charge is 0.265 e. The molecule has 1 amide bonds. The number of halogens is 1. The zero-order valence-electron chi connectivity index (χ0n) is 14.8. The van der Waals surface area contributed by atoms with Crippen LogP contribution in [-0.2, 0) is 9.53 Å². The minimum Gasteiger partial charge on any atom is -0.482 e. The Hall–Kier alpha value is -1.55. The standard InChI is InChI=1S/C17H26N4O3.HI/c1-18-17(20-10-6-12-23-2)19-9-5-11-21-14-7-3-4-8-15(14)24-13-16(21)22;/h3-4,7-8H,5-6,9-13H2,1-2H3,(H2,18,19,20);1H. The molecule has 2 N–H and O–H groups in total. The van der Waals surface area contributed by atoms with E-state index in [1.54, 1.807) is 19.1 Å². The summed E-state index contributed by atoms with van der Waals surface area (Å²) >= 11 is 0. The molecule has 0 radical (unpaired) electrons. The number of fused-ring (bicyclic) bond motifs is 1. The van der Waals surface area contributed by atoms with Crippen molar-refractivity contribution in [1.82, 2.24) is 10.6 Å². The Kier molecular flexibility index (Phi) is 10.2. The maximum absolute atomic E-state index is 12.1. The minimum absolute atomic E-state index is 0. The van der Waals surface area contributed by atoms with Gasteiger partial charge in [0.1, 0.15) is 5.75 Å². The van der Waals surface area contributed by atoms with E-state index in [0.29, 0.717) is 6.54 Å². The molecular formula is C17H27IN4O3. The van der Waals surface area contributed by atoms with Gasteiger partial charge in [0.25, 0.3) is 5.91 Å². The Morgan fingerprint density at radius 3 is 2.72 bits per heavy atom. The third-order valence-corrected chi connectivity index (χ3v) is 3.70. The lowest BCUT2D eigenvalue weighted by Crippen LogP contribution is -2.42. The normalized spacial score (nSPS) is 13.6. The van der Waals surface area contributed by atoms with Gasteiger partial charge >= 0.3 is 0 Å². The number of rotatable bonds is 8. The number of benzene rings is 1. The van der Waals surface area contributed by atoms with Gasteiger partial charge in [-0.05, 0) is 25.0 Å². The van der Waals surface area contributed by atoms with Crippen molar-refractivity contribution in [2.24, 2.45) is 4.99 Å². The van der Waals surface area contributed by atoms with Crippen molar-refractivity contribution in [2.75, 3.05) is 51.9 Å². The van der Waals surface area contributed by atoms with Crippen molar-refractivity contribution in [2.45, 2.75) is 12.8 Å². The van der Waals surface area contributed by atoms with Crippen LogP contribution in [0.25, 0.3) is 0 Å². The van der Waals surface area contributed by atoms with Crippen LogP contribution in [0.5, 0.6) is 5.75 Å². The van der Waals surface area contributed by atoms with Crippen LogP contribution in [-0.4, -0.2) is 58.9 Å². The van der Waals surface area contributed by atoms with Crippen LogP contribution < -0.4 is 20.3 Å². The predicted octanol–water partition coefficient (Wildman–Crippen LogP) is 1.62. The number of guanidine groups is 1. The number of carbonyl (C=O) groups excluding carboxylic acids is 1. The molecule has 0 bridgehead atoms. The molecule has 1 aromatic carbocycles. The topological polar surface area (TPSA) is 75.2 Å². The Morgan fingerprint density at radius 2 is 2.00 bits per heavy atom. The van der Waals surface area contributed by atoms with Crippen LogP contribution in [0.15, 0.2) is 29.3 Å². The summed E-state index contributed by atoms with van der Waals surface area (Å²) in [5, 5.41) is 6.48. The first kappa shape index (κ1) is 21.5. The molecule has 7 nitrogen and oxygen atoms in total. The number of hydrogen-bond acceptors (Lipinski definition) is 4. The van der Waals surface area contributed by atoms with E-state index in [4.69, 9.17) is 9.47 Å². The van der Waals surface area contributed by atoms with Gasteiger partial charge in [0.15, 0.2) is 12.6 Å². The van der Waals surface area contributed by atoms with Crippen molar-refractivity contribution >= 4 is 41.5 Å². The largest absolute Gasteiger partial charge is 0.482 e. The SMILES string of the molecule is CN=C(NCCCOC)NCCCN1C(=O)COc2ccccc21.I. The summed E-state index contributed by atoms with van der Waals surface area (Å²) in [7, 11) is 3.44. The third-order valence-electron chi connectivity index (χ3n) is 3.70. The summed E-state index contributed by atoms with van der Waals surface area (Å²) in [6.45, 7) is 3.02. The van der Waals surface area contributed by atoms with E-state index in [-0.39, 0.29) is 36.5 Å². The molecule has 1 aliphatic rings. The van der Waals surface area contributed by atoms with Gasteiger partial charge in [-0.25, -0.2) is 0 Å². The number of aliphatic imine (C=N–C) groups is 1. The summed E-state index contributed by atoms with van der Waals surface area (Å²) < 4.78 is 10.5. The van der Waals surface area contributed by atoms with E-state index < -0.39 is 0 Å². The van der Waals surface area contributed by atoms with Crippen LogP contribution in [0.2, 0.25) is 0 Å². The minimum atomic E-state index is -0.00391. The highest BCUT2D eigenvalue weighted by atomic mass is 127. The van der Waals surface area contributed by atoms with E-state index in [1.807, 2.05) is 24.3 Å². The quantitative estimate of drug-likeness (QED) is 0.266. The molecule has 0 saturated carbocycles. The summed E-state index contributed by atoms with van der Waals surface area (Å²) in [6.07, 6.45) is 1.75. The fourth-order valence-corrected chi connectivity index (χ4v) is 2.49. The molecule has 0 saturated heterocycles. The first-order valence-electron chi connectivity index (χ1n) is 8.22.